The Hall–Kier alpha value is -4.41. The van der Waals surface area contributed by atoms with E-state index in [4.69, 9.17) is 0 Å². The smallest absolute Gasteiger partial charge is 0.0991 e. The third-order valence-electron chi connectivity index (χ3n) is 6.04. The number of rotatable bonds is 4. The summed E-state index contributed by atoms with van der Waals surface area (Å²) in [5.74, 6) is 0. The fraction of sp³-hybridized carbons (Fsp3) is 0. The van der Waals surface area contributed by atoms with Gasteiger partial charge in [-0.3, -0.25) is 0 Å². The lowest BCUT2D eigenvalue weighted by Gasteiger charge is -2.20. The molecular formula is C31H21N. The summed E-state index contributed by atoms with van der Waals surface area (Å²) in [5.41, 5.74) is 7.25. The zero-order chi connectivity index (χ0) is 22.1. The van der Waals surface area contributed by atoms with E-state index in [0.717, 1.165) is 38.8 Å². The second kappa shape index (κ2) is 8.02. The predicted octanol–water partition coefficient (Wildman–Crippen LogP) is 8.48. The standard InChI is InChI=1S/C31H21N/c1-3-26-27(4-2)31(25-18-17-22-9-5-6-10-24(22)19-25)29-12-8-7-11-28(29)30(26)23-15-13-21(20-32)14-16-23/h3-19H,1-2H2. The van der Waals surface area contributed by atoms with Crippen molar-refractivity contribution in [1.82, 2.24) is 0 Å². The van der Waals surface area contributed by atoms with Gasteiger partial charge < -0.3 is 0 Å². The highest BCUT2D eigenvalue weighted by atomic mass is 14.2. The van der Waals surface area contributed by atoms with E-state index in [1.165, 1.54) is 16.2 Å². The van der Waals surface area contributed by atoms with Gasteiger partial charge >= 0.3 is 0 Å². The molecule has 0 aliphatic heterocycles. The molecule has 5 rings (SSSR count). The quantitative estimate of drug-likeness (QED) is 0.293. The van der Waals surface area contributed by atoms with Crippen LogP contribution in [-0.2, 0) is 0 Å². The Balaban J connectivity index is 1.90. The molecule has 0 aliphatic carbocycles. The fourth-order valence-electron chi connectivity index (χ4n) is 4.58. The molecule has 0 atom stereocenters. The maximum absolute atomic E-state index is 9.21. The summed E-state index contributed by atoms with van der Waals surface area (Å²) in [5, 5.41) is 14.0. The normalized spacial score (nSPS) is 10.7. The van der Waals surface area contributed by atoms with Crippen LogP contribution in [-0.4, -0.2) is 0 Å². The van der Waals surface area contributed by atoms with Crippen LogP contribution in [0.1, 0.15) is 16.7 Å². The lowest BCUT2D eigenvalue weighted by atomic mass is 9.83. The van der Waals surface area contributed by atoms with E-state index in [1.807, 2.05) is 36.4 Å². The molecule has 0 saturated carbocycles. The highest BCUT2D eigenvalue weighted by Crippen LogP contribution is 2.43. The summed E-state index contributed by atoms with van der Waals surface area (Å²) in [6.45, 7) is 8.32. The van der Waals surface area contributed by atoms with Gasteiger partial charge in [0, 0.05) is 0 Å². The summed E-state index contributed by atoms with van der Waals surface area (Å²) >= 11 is 0. The number of hydrogen-bond acceptors (Lipinski definition) is 1. The van der Waals surface area contributed by atoms with Crippen LogP contribution in [0.2, 0.25) is 0 Å². The van der Waals surface area contributed by atoms with Gasteiger partial charge in [-0.25, -0.2) is 0 Å². The molecule has 0 bridgehead atoms. The van der Waals surface area contributed by atoms with Crippen LogP contribution in [0.3, 0.4) is 0 Å². The molecule has 0 N–H and O–H groups in total. The third-order valence-corrected chi connectivity index (χ3v) is 6.04. The number of hydrogen-bond donors (Lipinski definition) is 0. The Morgan fingerprint density at radius 1 is 0.594 bits per heavy atom. The third kappa shape index (κ3) is 3.11. The minimum Gasteiger partial charge on any atom is -0.192 e. The Bertz CT molecular complexity index is 1550. The zero-order valence-corrected chi connectivity index (χ0v) is 17.7. The second-order valence-corrected chi connectivity index (χ2v) is 7.78. The van der Waals surface area contributed by atoms with Crippen LogP contribution in [0.4, 0.5) is 0 Å². The SMILES string of the molecule is C=Cc1c(C=C)c(-c2ccc3ccccc3c2)c2ccccc2c1-c1ccc(C#N)cc1. The first kappa shape index (κ1) is 19.5. The lowest BCUT2D eigenvalue weighted by Crippen LogP contribution is -1.96. The maximum atomic E-state index is 9.21. The summed E-state index contributed by atoms with van der Waals surface area (Å²) in [7, 11) is 0. The van der Waals surface area contributed by atoms with E-state index in [-0.39, 0.29) is 0 Å². The van der Waals surface area contributed by atoms with Crippen LogP contribution < -0.4 is 0 Å². The van der Waals surface area contributed by atoms with Crippen LogP contribution in [0.25, 0.3) is 56.0 Å². The zero-order valence-electron chi connectivity index (χ0n) is 17.7. The lowest BCUT2D eigenvalue weighted by molar-refractivity contribution is 1.48. The maximum Gasteiger partial charge on any atom is 0.0991 e. The first-order valence-corrected chi connectivity index (χ1v) is 10.6. The van der Waals surface area contributed by atoms with Gasteiger partial charge in [0.15, 0.2) is 0 Å². The van der Waals surface area contributed by atoms with Gasteiger partial charge in [0.05, 0.1) is 11.6 Å². The largest absolute Gasteiger partial charge is 0.192 e. The van der Waals surface area contributed by atoms with E-state index in [1.54, 1.807) is 0 Å². The molecule has 0 fully saturated rings. The topological polar surface area (TPSA) is 23.8 Å². The first-order valence-electron chi connectivity index (χ1n) is 10.6. The van der Waals surface area contributed by atoms with Gasteiger partial charge in [-0.2, -0.15) is 5.26 Å². The van der Waals surface area contributed by atoms with Gasteiger partial charge in [0.25, 0.3) is 0 Å². The monoisotopic (exact) mass is 407 g/mol. The molecule has 0 aromatic heterocycles. The van der Waals surface area contributed by atoms with Gasteiger partial charge in [0.1, 0.15) is 0 Å². The van der Waals surface area contributed by atoms with Crippen LogP contribution in [0.5, 0.6) is 0 Å². The van der Waals surface area contributed by atoms with Crippen molar-refractivity contribution < 1.29 is 0 Å². The summed E-state index contributed by atoms with van der Waals surface area (Å²) in [6, 6.07) is 33.5. The van der Waals surface area contributed by atoms with Crippen LogP contribution >= 0.6 is 0 Å². The van der Waals surface area contributed by atoms with E-state index in [2.05, 4.69) is 86.0 Å². The molecule has 0 amide bonds. The van der Waals surface area contributed by atoms with Crippen molar-refractivity contribution in [3.05, 3.63) is 121 Å². The number of nitriles is 1. The molecule has 0 heterocycles. The number of nitrogens with zero attached hydrogens (tertiary/aromatic N) is 1. The predicted molar refractivity (Wildman–Crippen MR) is 137 cm³/mol. The van der Waals surface area contributed by atoms with Crippen LogP contribution in [0, 0.1) is 11.3 Å². The van der Waals surface area contributed by atoms with Gasteiger partial charge in [0.2, 0.25) is 0 Å². The summed E-state index contributed by atoms with van der Waals surface area (Å²) < 4.78 is 0. The molecule has 32 heavy (non-hydrogen) atoms. The van der Waals surface area contributed by atoms with Crippen molar-refractivity contribution in [3.8, 4) is 28.3 Å². The highest BCUT2D eigenvalue weighted by molar-refractivity contribution is 6.12. The molecule has 0 unspecified atom stereocenters. The van der Waals surface area contributed by atoms with Crippen molar-refractivity contribution in [3.63, 3.8) is 0 Å². The second-order valence-electron chi connectivity index (χ2n) is 7.78. The van der Waals surface area contributed by atoms with Crippen molar-refractivity contribution in [1.29, 1.82) is 5.26 Å². The summed E-state index contributed by atoms with van der Waals surface area (Å²) in [4.78, 5) is 0. The van der Waals surface area contributed by atoms with Gasteiger partial charge in [-0.1, -0.05) is 98.1 Å². The molecule has 0 spiro atoms. The van der Waals surface area contributed by atoms with Crippen molar-refractivity contribution in [2.24, 2.45) is 0 Å². The fourth-order valence-corrected chi connectivity index (χ4v) is 4.58. The van der Waals surface area contributed by atoms with Gasteiger partial charge in [-0.15, -0.1) is 0 Å². The van der Waals surface area contributed by atoms with Crippen molar-refractivity contribution in [2.45, 2.75) is 0 Å². The van der Waals surface area contributed by atoms with E-state index in [9.17, 15) is 5.26 Å². The minimum atomic E-state index is 0.648. The average Bonchev–Trinajstić information content (AvgIpc) is 2.87. The molecule has 5 aromatic carbocycles. The van der Waals surface area contributed by atoms with Crippen molar-refractivity contribution in [2.75, 3.05) is 0 Å². The molecule has 1 heteroatoms. The molecule has 0 aliphatic rings. The molecule has 5 aromatic rings. The Morgan fingerprint density at radius 3 is 1.72 bits per heavy atom. The van der Waals surface area contributed by atoms with Crippen molar-refractivity contribution >= 4 is 33.7 Å². The minimum absolute atomic E-state index is 0.648. The number of fused-ring (bicyclic) bond motifs is 2. The molecule has 0 saturated heterocycles. The Labute approximate surface area is 188 Å². The Morgan fingerprint density at radius 2 is 1.12 bits per heavy atom. The van der Waals surface area contributed by atoms with E-state index < -0.39 is 0 Å². The molecular weight excluding hydrogens is 386 g/mol. The highest BCUT2D eigenvalue weighted by Gasteiger charge is 2.18. The first-order chi connectivity index (χ1) is 15.7. The van der Waals surface area contributed by atoms with Gasteiger partial charge in [-0.05, 0) is 73.1 Å². The van der Waals surface area contributed by atoms with Crippen LogP contribution in [0.15, 0.2) is 104 Å². The molecule has 150 valence electrons. The summed E-state index contributed by atoms with van der Waals surface area (Å²) in [6.07, 6.45) is 3.85. The molecule has 0 radical (unpaired) electrons. The average molecular weight is 408 g/mol. The van der Waals surface area contributed by atoms with E-state index >= 15 is 0 Å². The molecule has 1 nitrogen and oxygen atoms in total. The van der Waals surface area contributed by atoms with E-state index in [0.29, 0.717) is 5.56 Å². The Kier molecular flexibility index (Phi) is 4.90. The number of benzene rings is 5.